The number of halogens is 2. The number of nitrogens with one attached hydrogen (secondary N) is 2. The lowest BCUT2D eigenvalue weighted by atomic mass is 10.0. The Kier molecular flexibility index (Phi) is 9.88. The SMILES string of the molecule is COCCN(C)CCCOc1cc2nccc(Oc3ccc(NC(=O)C4(C(=O)Nc5ccc(F)cc5)CC4)cc3F)c2c2c1OCCO2. The van der Waals surface area contributed by atoms with Crippen LogP contribution in [-0.4, -0.2) is 75.4 Å². The van der Waals surface area contributed by atoms with Crippen LogP contribution in [0.4, 0.5) is 20.2 Å². The Balaban J connectivity index is 1.15. The molecule has 0 unspecified atom stereocenters. The molecule has 252 valence electrons. The predicted octanol–water partition coefficient (Wildman–Crippen LogP) is 5.78. The summed E-state index contributed by atoms with van der Waals surface area (Å²) in [4.78, 5) is 32.6. The molecule has 2 N–H and O–H groups in total. The monoisotopic (exact) mass is 662 g/mol. The molecule has 48 heavy (non-hydrogen) atoms. The molecule has 1 aliphatic heterocycles. The molecule has 0 bridgehead atoms. The summed E-state index contributed by atoms with van der Waals surface area (Å²) in [6.07, 6.45) is 2.99. The van der Waals surface area contributed by atoms with Crippen molar-refractivity contribution in [3.8, 4) is 28.7 Å². The smallest absolute Gasteiger partial charge is 0.240 e. The largest absolute Gasteiger partial charge is 0.489 e. The summed E-state index contributed by atoms with van der Waals surface area (Å²) in [5.74, 6) is -0.740. The van der Waals surface area contributed by atoms with Crippen LogP contribution in [0.25, 0.3) is 10.9 Å². The number of benzene rings is 3. The van der Waals surface area contributed by atoms with Crippen molar-refractivity contribution < 1.29 is 42.1 Å². The summed E-state index contributed by atoms with van der Waals surface area (Å²) in [6, 6.07) is 12.6. The van der Waals surface area contributed by atoms with Gasteiger partial charge < -0.3 is 39.2 Å². The van der Waals surface area contributed by atoms with E-state index in [2.05, 4.69) is 20.5 Å². The Bertz CT molecular complexity index is 1800. The van der Waals surface area contributed by atoms with Crippen LogP contribution in [0.5, 0.6) is 28.7 Å². The number of amides is 2. The molecule has 3 aromatic carbocycles. The summed E-state index contributed by atoms with van der Waals surface area (Å²) < 4.78 is 57.8. The minimum atomic E-state index is -1.29. The van der Waals surface area contributed by atoms with E-state index in [1.54, 1.807) is 25.4 Å². The van der Waals surface area contributed by atoms with E-state index in [1.807, 2.05) is 7.05 Å². The maximum absolute atomic E-state index is 15.4. The first-order valence-electron chi connectivity index (χ1n) is 15.6. The number of hydrogen-bond acceptors (Lipinski definition) is 9. The van der Waals surface area contributed by atoms with Gasteiger partial charge in [0.2, 0.25) is 17.6 Å². The second-order valence-electron chi connectivity index (χ2n) is 11.7. The Morgan fingerprint density at radius 1 is 0.875 bits per heavy atom. The van der Waals surface area contributed by atoms with Crippen molar-refractivity contribution in [3.05, 3.63) is 72.4 Å². The van der Waals surface area contributed by atoms with Crippen LogP contribution in [0.3, 0.4) is 0 Å². The minimum absolute atomic E-state index is 0.0981. The van der Waals surface area contributed by atoms with E-state index < -0.39 is 28.9 Å². The number of methoxy groups -OCH3 is 1. The molecule has 4 aromatic rings. The third-order valence-corrected chi connectivity index (χ3v) is 8.19. The highest BCUT2D eigenvalue weighted by atomic mass is 19.1. The standard InChI is InChI=1S/C35H36F2N4O7/c1-41(15-17-44-2)14-3-16-45-29-21-26-30(32-31(29)46-18-19-47-32)28(10-13-38-26)48-27-9-8-24(20-25(27)37)40-34(43)35(11-12-35)33(42)39-23-6-4-22(36)5-7-23/h4-10,13,20-21H,3,11-12,14-19H2,1-2H3,(H,39,42)(H,40,43). The number of carbonyl (C=O) groups is 2. The van der Waals surface area contributed by atoms with E-state index in [-0.39, 0.29) is 17.2 Å². The molecule has 1 aliphatic carbocycles. The van der Waals surface area contributed by atoms with Crippen LogP contribution < -0.4 is 29.6 Å². The van der Waals surface area contributed by atoms with E-state index in [1.165, 1.54) is 36.4 Å². The molecular formula is C35H36F2N4O7. The zero-order valence-electron chi connectivity index (χ0n) is 26.6. The van der Waals surface area contributed by atoms with E-state index >= 15 is 4.39 Å². The van der Waals surface area contributed by atoms with Gasteiger partial charge in [0, 0.05) is 49.9 Å². The van der Waals surface area contributed by atoms with E-state index in [4.69, 9.17) is 23.7 Å². The Morgan fingerprint density at radius 3 is 2.29 bits per heavy atom. The van der Waals surface area contributed by atoms with Gasteiger partial charge in [0.15, 0.2) is 23.1 Å². The number of aromatic nitrogens is 1. The molecule has 0 spiro atoms. The highest BCUT2D eigenvalue weighted by molar-refractivity contribution is 6.16. The molecule has 13 heteroatoms. The first-order chi connectivity index (χ1) is 23.3. The average molecular weight is 663 g/mol. The Hall–Kier alpha value is -5.01. The predicted molar refractivity (Wildman–Crippen MR) is 174 cm³/mol. The number of anilines is 2. The highest BCUT2D eigenvalue weighted by Gasteiger charge is 2.56. The summed E-state index contributed by atoms with van der Waals surface area (Å²) >= 11 is 0. The van der Waals surface area contributed by atoms with E-state index in [0.717, 1.165) is 25.6 Å². The quantitative estimate of drug-likeness (QED) is 0.128. The van der Waals surface area contributed by atoms with Crippen molar-refractivity contribution in [3.63, 3.8) is 0 Å². The van der Waals surface area contributed by atoms with Gasteiger partial charge in [0.05, 0.1) is 24.1 Å². The fourth-order valence-electron chi connectivity index (χ4n) is 5.34. The molecule has 1 fully saturated rings. The molecule has 2 heterocycles. The van der Waals surface area contributed by atoms with E-state index in [0.29, 0.717) is 73.1 Å². The molecule has 11 nitrogen and oxygen atoms in total. The number of nitrogens with zero attached hydrogens (tertiary/aromatic N) is 2. The number of rotatable bonds is 14. The third kappa shape index (κ3) is 7.26. The summed E-state index contributed by atoms with van der Waals surface area (Å²) in [7, 11) is 3.70. The Morgan fingerprint density at radius 2 is 1.58 bits per heavy atom. The zero-order valence-corrected chi connectivity index (χ0v) is 26.6. The molecule has 2 amide bonds. The first kappa shape index (κ1) is 32.9. The van der Waals surface area contributed by atoms with Crippen molar-refractivity contribution in [2.24, 2.45) is 5.41 Å². The number of hydrogen-bond donors (Lipinski definition) is 2. The molecule has 0 saturated heterocycles. The number of fused-ring (bicyclic) bond motifs is 3. The van der Waals surface area contributed by atoms with E-state index in [9.17, 15) is 14.0 Å². The van der Waals surface area contributed by atoms with Gasteiger partial charge in [-0.15, -0.1) is 0 Å². The number of ether oxygens (including phenoxy) is 5. The Labute approximate surface area is 276 Å². The molecule has 0 radical (unpaired) electrons. The fourth-order valence-corrected chi connectivity index (χ4v) is 5.34. The summed E-state index contributed by atoms with van der Waals surface area (Å²) in [5.41, 5.74) is -0.246. The molecule has 1 saturated carbocycles. The van der Waals surface area contributed by atoms with Crippen LogP contribution >= 0.6 is 0 Å². The average Bonchev–Trinajstić information content (AvgIpc) is 3.91. The van der Waals surface area contributed by atoms with Crippen molar-refractivity contribution in [2.75, 3.05) is 64.3 Å². The fraction of sp³-hybridized carbons (Fsp3) is 0.343. The molecule has 2 aliphatic rings. The molecule has 6 rings (SSSR count). The lowest BCUT2D eigenvalue weighted by Crippen LogP contribution is -2.35. The third-order valence-electron chi connectivity index (χ3n) is 8.19. The summed E-state index contributed by atoms with van der Waals surface area (Å²) in [6.45, 7) is 3.39. The second kappa shape index (κ2) is 14.4. The maximum Gasteiger partial charge on any atom is 0.240 e. The minimum Gasteiger partial charge on any atom is -0.489 e. The molecule has 1 aromatic heterocycles. The van der Waals surface area contributed by atoms with Gasteiger partial charge in [-0.05, 0) is 68.8 Å². The van der Waals surface area contributed by atoms with Crippen LogP contribution in [-0.2, 0) is 14.3 Å². The lowest BCUT2D eigenvalue weighted by molar-refractivity contribution is -0.131. The van der Waals surface area contributed by atoms with Gasteiger partial charge >= 0.3 is 0 Å². The summed E-state index contributed by atoms with van der Waals surface area (Å²) in [5, 5.41) is 5.79. The van der Waals surface area contributed by atoms with Crippen LogP contribution in [0, 0.1) is 17.0 Å². The van der Waals surface area contributed by atoms with Gasteiger partial charge in [-0.25, -0.2) is 8.78 Å². The maximum atomic E-state index is 15.4. The second-order valence-corrected chi connectivity index (χ2v) is 11.7. The van der Waals surface area contributed by atoms with Crippen LogP contribution in [0.1, 0.15) is 19.3 Å². The molecule has 0 atom stereocenters. The lowest BCUT2D eigenvalue weighted by Gasteiger charge is -2.24. The van der Waals surface area contributed by atoms with Crippen molar-refractivity contribution >= 4 is 34.1 Å². The topological polar surface area (TPSA) is 120 Å². The number of carbonyl (C=O) groups excluding carboxylic acids is 2. The van der Waals surface area contributed by atoms with Gasteiger partial charge in [-0.3, -0.25) is 14.6 Å². The number of pyridine rings is 1. The van der Waals surface area contributed by atoms with Crippen LogP contribution in [0.15, 0.2) is 60.8 Å². The first-order valence-corrected chi connectivity index (χ1v) is 15.6. The van der Waals surface area contributed by atoms with Gasteiger partial charge in [0.25, 0.3) is 0 Å². The normalized spacial score (nSPS) is 14.4. The van der Waals surface area contributed by atoms with Gasteiger partial charge in [-0.1, -0.05) is 0 Å². The zero-order chi connectivity index (χ0) is 33.7. The van der Waals surface area contributed by atoms with Crippen molar-refractivity contribution in [1.82, 2.24) is 9.88 Å². The van der Waals surface area contributed by atoms with Crippen LogP contribution in [0.2, 0.25) is 0 Å². The van der Waals surface area contributed by atoms with Crippen molar-refractivity contribution in [2.45, 2.75) is 19.3 Å². The highest BCUT2D eigenvalue weighted by Crippen LogP contribution is 2.49. The van der Waals surface area contributed by atoms with Gasteiger partial charge in [-0.2, -0.15) is 0 Å². The van der Waals surface area contributed by atoms with Gasteiger partial charge in [0.1, 0.15) is 30.2 Å². The van der Waals surface area contributed by atoms with Crippen molar-refractivity contribution in [1.29, 1.82) is 0 Å². The molecular weight excluding hydrogens is 626 g/mol. The number of likely N-dealkylation sites (N-methyl/N-ethyl adjacent to an activating group) is 1.